The molecule has 0 aliphatic carbocycles. The third-order valence-electron chi connectivity index (χ3n) is 4.05. The Morgan fingerprint density at radius 1 is 1.38 bits per heavy atom. The summed E-state index contributed by atoms with van der Waals surface area (Å²) in [5, 5.41) is 3.93. The van der Waals surface area contributed by atoms with E-state index in [-0.39, 0.29) is 5.91 Å². The van der Waals surface area contributed by atoms with Crippen molar-refractivity contribution in [3.8, 4) is 0 Å². The van der Waals surface area contributed by atoms with Gasteiger partial charge in [0.1, 0.15) is 5.00 Å². The number of aryl methyl sites for hydroxylation is 1. The molecular weight excluding hydrogens is 282 g/mol. The lowest BCUT2D eigenvalue weighted by Gasteiger charge is -2.17. The molecule has 1 saturated heterocycles. The summed E-state index contributed by atoms with van der Waals surface area (Å²) in [7, 11) is 1.83. The first-order valence-electron chi connectivity index (χ1n) is 7.19. The van der Waals surface area contributed by atoms with E-state index in [1.807, 2.05) is 24.9 Å². The van der Waals surface area contributed by atoms with Gasteiger partial charge < -0.3 is 10.2 Å². The second-order valence-electron chi connectivity index (χ2n) is 5.37. The van der Waals surface area contributed by atoms with Crippen molar-refractivity contribution in [1.82, 2.24) is 9.27 Å². The molecule has 1 aliphatic heterocycles. The molecule has 2 aromatic rings. The van der Waals surface area contributed by atoms with E-state index in [9.17, 15) is 4.79 Å². The summed E-state index contributed by atoms with van der Waals surface area (Å²) in [4.78, 5) is 14.7. The molecule has 0 bridgehead atoms. The molecule has 1 N–H and O–H groups in total. The number of carbonyl (C=O) groups is 1. The second-order valence-corrected chi connectivity index (χ2v) is 6.14. The maximum atomic E-state index is 12.7. The summed E-state index contributed by atoms with van der Waals surface area (Å²) in [6.45, 7) is 3.51. The van der Waals surface area contributed by atoms with E-state index in [4.69, 9.17) is 0 Å². The van der Waals surface area contributed by atoms with Crippen LogP contribution in [0.1, 0.15) is 34.0 Å². The zero-order valence-electron chi connectivity index (χ0n) is 12.3. The van der Waals surface area contributed by atoms with Gasteiger partial charge >= 0.3 is 0 Å². The van der Waals surface area contributed by atoms with Crippen LogP contribution in [0.2, 0.25) is 0 Å². The summed E-state index contributed by atoms with van der Waals surface area (Å²) >= 11 is 1.35. The van der Waals surface area contributed by atoms with Crippen LogP contribution in [0, 0.1) is 6.92 Å². The molecule has 0 radical (unpaired) electrons. The maximum Gasteiger partial charge on any atom is 0.258 e. The molecule has 21 heavy (non-hydrogen) atoms. The monoisotopic (exact) mass is 301 g/mol. The van der Waals surface area contributed by atoms with Crippen LogP contribution in [-0.4, -0.2) is 35.3 Å². The van der Waals surface area contributed by atoms with E-state index in [1.54, 1.807) is 0 Å². The molecule has 1 aromatic carbocycles. The number of nitrogens with one attached hydrogen (secondary N) is 1. The largest absolute Gasteiger partial charge is 0.378 e. The number of nitrogens with zero attached hydrogens (tertiary/aromatic N) is 2. The van der Waals surface area contributed by atoms with Gasteiger partial charge in [-0.3, -0.25) is 4.79 Å². The fourth-order valence-electron chi connectivity index (χ4n) is 2.89. The Morgan fingerprint density at radius 2 is 2.14 bits per heavy atom. The topological polar surface area (TPSA) is 45.2 Å². The zero-order valence-corrected chi connectivity index (χ0v) is 13.1. The van der Waals surface area contributed by atoms with Crippen LogP contribution < -0.4 is 5.32 Å². The Hall–Kier alpha value is -1.88. The fourth-order valence-corrected chi connectivity index (χ4v) is 3.63. The van der Waals surface area contributed by atoms with Crippen LogP contribution in [0.3, 0.4) is 0 Å². The maximum absolute atomic E-state index is 12.7. The predicted octanol–water partition coefficient (Wildman–Crippen LogP) is 3.12. The van der Waals surface area contributed by atoms with Gasteiger partial charge in [-0.05, 0) is 30.4 Å². The van der Waals surface area contributed by atoms with E-state index in [1.165, 1.54) is 17.1 Å². The molecule has 1 amide bonds. The highest BCUT2D eigenvalue weighted by Crippen LogP contribution is 2.31. The standard InChI is InChI=1S/C16H19N3OS/c1-11-14(15(17-2)21-18-11)16(20)19-9-8-13(10-19)12-6-4-3-5-7-12/h3-7,13,17H,8-10H2,1-2H3/t13-/m1/s1. The van der Waals surface area contributed by atoms with E-state index < -0.39 is 0 Å². The van der Waals surface area contributed by atoms with Crippen LogP contribution in [0.15, 0.2) is 30.3 Å². The van der Waals surface area contributed by atoms with Crippen molar-refractivity contribution < 1.29 is 4.79 Å². The van der Waals surface area contributed by atoms with Gasteiger partial charge in [0.05, 0.1) is 11.3 Å². The van der Waals surface area contributed by atoms with E-state index in [0.717, 1.165) is 35.8 Å². The normalized spacial score (nSPS) is 18.0. The van der Waals surface area contributed by atoms with Crippen molar-refractivity contribution in [2.24, 2.45) is 0 Å². The summed E-state index contributed by atoms with van der Waals surface area (Å²) in [6.07, 6.45) is 1.03. The SMILES string of the molecule is CNc1snc(C)c1C(=O)N1CC[C@@H](c2ccccc2)C1. The lowest BCUT2D eigenvalue weighted by molar-refractivity contribution is 0.0791. The van der Waals surface area contributed by atoms with Crippen molar-refractivity contribution in [3.05, 3.63) is 47.2 Å². The highest BCUT2D eigenvalue weighted by atomic mass is 32.1. The van der Waals surface area contributed by atoms with Crippen LogP contribution in [0.25, 0.3) is 0 Å². The van der Waals surface area contributed by atoms with Crippen LogP contribution in [0.4, 0.5) is 5.00 Å². The molecule has 0 saturated carbocycles. The Labute approximate surface area is 129 Å². The number of rotatable bonds is 3. The average Bonchev–Trinajstić information content (AvgIpc) is 3.14. The lowest BCUT2D eigenvalue weighted by atomic mass is 9.99. The van der Waals surface area contributed by atoms with E-state index in [2.05, 4.69) is 34.0 Å². The Morgan fingerprint density at radius 3 is 2.86 bits per heavy atom. The lowest BCUT2D eigenvalue weighted by Crippen LogP contribution is -2.29. The molecule has 110 valence electrons. The highest BCUT2D eigenvalue weighted by molar-refractivity contribution is 7.10. The molecule has 1 fully saturated rings. The molecule has 3 rings (SSSR count). The van der Waals surface area contributed by atoms with E-state index >= 15 is 0 Å². The fraction of sp³-hybridized carbons (Fsp3) is 0.375. The van der Waals surface area contributed by atoms with Crippen LogP contribution >= 0.6 is 11.5 Å². The van der Waals surface area contributed by atoms with Gasteiger partial charge in [-0.15, -0.1) is 0 Å². The number of benzene rings is 1. The minimum absolute atomic E-state index is 0.101. The number of amides is 1. The molecule has 1 aliphatic rings. The summed E-state index contributed by atoms with van der Waals surface area (Å²) in [6, 6.07) is 10.4. The minimum atomic E-state index is 0.101. The summed E-state index contributed by atoms with van der Waals surface area (Å²) in [5.41, 5.74) is 2.87. The first-order chi connectivity index (χ1) is 10.2. The Balaban J connectivity index is 1.77. The molecule has 1 aromatic heterocycles. The summed E-state index contributed by atoms with van der Waals surface area (Å²) in [5.74, 6) is 0.545. The molecule has 2 heterocycles. The third kappa shape index (κ3) is 2.65. The van der Waals surface area contributed by atoms with Crippen molar-refractivity contribution in [3.63, 3.8) is 0 Å². The second kappa shape index (κ2) is 5.85. The van der Waals surface area contributed by atoms with Gasteiger partial charge in [-0.2, -0.15) is 4.37 Å². The van der Waals surface area contributed by atoms with Crippen molar-refractivity contribution in [2.75, 3.05) is 25.5 Å². The summed E-state index contributed by atoms with van der Waals surface area (Å²) < 4.78 is 4.29. The van der Waals surface area contributed by atoms with Gasteiger partial charge in [0, 0.05) is 26.1 Å². The Kier molecular flexibility index (Phi) is 3.92. The smallest absolute Gasteiger partial charge is 0.258 e. The highest BCUT2D eigenvalue weighted by Gasteiger charge is 2.30. The molecule has 4 nitrogen and oxygen atoms in total. The van der Waals surface area contributed by atoms with Crippen LogP contribution in [0.5, 0.6) is 0 Å². The first kappa shape index (κ1) is 14.1. The predicted molar refractivity (Wildman–Crippen MR) is 86.1 cm³/mol. The number of hydrogen-bond donors (Lipinski definition) is 1. The number of carbonyl (C=O) groups excluding carboxylic acids is 1. The molecule has 1 atom stereocenters. The first-order valence-corrected chi connectivity index (χ1v) is 7.96. The molecule has 0 spiro atoms. The number of anilines is 1. The van der Waals surface area contributed by atoms with Crippen molar-refractivity contribution >= 4 is 22.4 Å². The zero-order chi connectivity index (χ0) is 14.8. The molecule has 5 heteroatoms. The van der Waals surface area contributed by atoms with Crippen LogP contribution in [-0.2, 0) is 0 Å². The van der Waals surface area contributed by atoms with Gasteiger partial charge in [0.15, 0.2) is 0 Å². The molecular formula is C16H19N3OS. The van der Waals surface area contributed by atoms with Gasteiger partial charge in [0.25, 0.3) is 5.91 Å². The van der Waals surface area contributed by atoms with Gasteiger partial charge in [0.2, 0.25) is 0 Å². The van der Waals surface area contributed by atoms with Crippen molar-refractivity contribution in [1.29, 1.82) is 0 Å². The number of aromatic nitrogens is 1. The quantitative estimate of drug-likeness (QED) is 0.947. The van der Waals surface area contributed by atoms with Crippen molar-refractivity contribution in [2.45, 2.75) is 19.3 Å². The number of hydrogen-bond acceptors (Lipinski definition) is 4. The van der Waals surface area contributed by atoms with Gasteiger partial charge in [-0.1, -0.05) is 30.3 Å². The Bertz CT molecular complexity index is 638. The minimum Gasteiger partial charge on any atom is -0.378 e. The average molecular weight is 301 g/mol. The van der Waals surface area contributed by atoms with Gasteiger partial charge in [-0.25, -0.2) is 0 Å². The number of likely N-dealkylation sites (tertiary alicyclic amines) is 1. The third-order valence-corrected chi connectivity index (χ3v) is 5.01. The van der Waals surface area contributed by atoms with E-state index in [0.29, 0.717) is 5.92 Å². The molecule has 0 unspecified atom stereocenters.